The van der Waals surface area contributed by atoms with Crippen LogP contribution in [0, 0.1) is 17.0 Å². The van der Waals surface area contributed by atoms with Gasteiger partial charge in [0.1, 0.15) is 11.1 Å². The molecule has 3 nitrogen and oxygen atoms in total. The van der Waals surface area contributed by atoms with E-state index in [0.717, 1.165) is 24.8 Å². The number of rotatable bonds is 0. The van der Waals surface area contributed by atoms with Gasteiger partial charge in [0.05, 0.1) is 0 Å². The third-order valence-electron chi connectivity index (χ3n) is 5.11. The second-order valence-corrected chi connectivity index (χ2v) is 5.76. The fourth-order valence-electron chi connectivity index (χ4n) is 4.46. The van der Waals surface area contributed by atoms with Gasteiger partial charge in [-0.25, -0.2) is 4.79 Å². The van der Waals surface area contributed by atoms with E-state index in [4.69, 9.17) is 0 Å². The quantitative estimate of drug-likeness (QED) is 0.681. The molecule has 2 bridgehead atoms. The SMILES string of the molecule is O=C1[NH+]([O-])c2ccccc2C12CC1CCC2C1. The number of hydrogen-bond acceptors (Lipinski definition) is 2. The maximum Gasteiger partial charge on any atom is 0.328 e. The number of benzene rings is 1. The highest BCUT2D eigenvalue weighted by molar-refractivity contribution is 5.90. The molecule has 1 spiro atoms. The third-order valence-corrected chi connectivity index (χ3v) is 5.11. The summed E-state index contributed by atoms with van der Waals surface area (Å²) < 4.78 is 0. The number of carbonyl (C=O) groups is 1. The van der Waals surface area contributed by atoms with Crippen LogP contribution >= 0.6 is 0 Å². The Hall–Kier alpha value is -1.19. The lowest BCUT2D eigenvalue weighted by Crippen LogP contribution is -3.05. The summed E-state index contributed by atoms with van der Waals surface area (Å²) in [6, 6.07) is 7.63. The topological polar surface area (TPSA) is 44.6 Å². The van der Waals surface area contributed by atoms with E-state index < -0.39 is 5.41 Å². The van der Waals surface area contributed by atoms with Crippen LogP contribution in [0.2, 0.25) is 0 Å². The van der Waals surface area contributed by atoms with Crippen LogP contribution in [0.3, 0.4) is 0 Å². The summed E-state index contributed by atoms with van der Waals surface area (Å²) >= 11 is 0. The number of amides is 1. The van der Waals surface area contributed by atoms with Gasteiger partial charge in [0.25, 0.3) is 0 Å². The van der Waals surface area contributed by atoms with Gasteiger partial charge in [-0.3, -0.25) is 5.06 Å². The molecule has 1 heterocycles. The maximum absolute atomic E-state index is 12.4. The zero-order valence-electron chi connectivity index (χ0n) is 9.61. The third kappa shape index (κ3) is 0.980. The van der Waals surface area contributed by atoms with Gasteiger partial charge in [0.15, 0.2) is 0 Å². The van der Waals surface area contributed by atoms with Crippen molar-refractivity contribution >= 4 is 11.6 Å². The molecule has 0 aromatic heterocycles. The molecule has 1 aromatic rings. The van der Waals surface area contributed by atoms with Crippen molar-refractivity contribution in [3.8, 4) is 0 Å². The number of quaternary nitrogens is 1. The zero-order valence-corrected chi connectivity index (χ0v) is 9.61. The van der Waals surface area contributed by atoms with E-state index in [0.29, 0.717) is 17.5 Å². The molecule has 1 amide bonds. The van der Waals surface area contributed by atoms with Gasteiger partial charge in [-0.2, -0.15) is 0 Å². The molecule has 3 aliphatic rings. The van der Waals surface area contributed by atoms with E-state index in [-0.39, 0.29) is 11.0 Å². The van der Waals surface area contributed by atoms with Crippen LogP contribution in [0.25, 0.3) is 0 Å². The smallest absolute Gasteiger partial charge is 0.328 e. The molecule has 17 heavy (non-hydrogen) atoms. The average Bonchev–Trinajstić information content (AvgIpc) is 3.01. The molecule has 1 aromatic carbocycles. The van der Waals surface area contributed by atoms with Crippen molar-refractivity contribution < 1.29 is 9.86 Å². The predicted octanol–water partition coefficient (Wildman–Crippen LogP) is 1.30. The Balaban J connectivity index is 1.95. The highest BCUT2D eigenvalue weighted by Gasteiger charge is 2.63. The maximum atomic E-state index is 12.4. The van der Waals surface area contributed by atoms with E-state index in [2.05, 4.69) is 0 Å². The molecular weight excluding hydrogens is 214 g/mol. The summed E-state index contributed by atoms with van der Waals surface area (Å²) in [7, 11) is 0. The van der Waals surface area contributed by atoms with Gasteiger partial charge in [-0.1, -0.05) is 24.6 Å². The minimum atomic E-state index is -0.420. The largest absolute Gasteiger partial charge is 0.621 e. The molecule has 0 radical (unpaired) electrons. The van der Waals surface area contributed by atoms with Crippen LogP contribution in [0.4, 0.5) is 5.69 Å². The molecule has 0 saturated heterocycles. The molecule has 2 saturated carbocycles. The number of carbonyl (C=O) groups excluding carboxylic acids is 1. The first kappa shape index (κ1) is 9.80. The lowest BCUT2D eigenvalue weighted by atomic mass is 9.69. The second-order valence-electron chi connectivity index (χ2n) is 5.76. The Morgan fingerprint density at radius 3 is 2.82 bits per heavy atom. The normalized spacial score (nSPS) is 42.4. The van der Waals surface area contributed by atoms with Crippen molar-refractivity contribution in [3.05, 3.63) is 35.0 Å². The number of para-hydroxylation sites is 1. The first-order valence-electron chi connectivity index (χ1n) is 6.42. The van der Waals surface area contributed by atoms with E-state index in [9.17, 15) is 10.0 Å². The summed E-state index contributed by atoms with van der Waals surface area (Å²) in [5, 5.41) is 11.8. The predicted molar refractivity (Wildman–Crippen MR) is 62.6 cm³/mol. The second kappa shape index (κ2) is 2.98. The molecule has 88 valence electrons. The molecule has 4 atom stereocenters. The first-order valence-corrected chi connectivity index (χ1v) is 6.42. The van der Waals surface area contributed by atoms with Crippen LogP contribution < -0.4 is 5.06 Å². The standard InChI is InChI=1S/C14H15NO2/c16-13-14(8-9-5-6-10(14)7-9)11-3-1-2-4-12(11)15(13)17/h1-4,9-10,15H,5-8H2. The monoisotopic (exact) mass is 229 g/mol. The average molecular weight is 229 g/mol. The lowest BCUT2D eigenvalue weighted by molar-refractivity contribution is -0.686. The van der Waals surface area contributed by atoms with E-state index in [1.54, 1.807) is 0 Å². The van der Waals surface area contributed by atoms with E-state index in [1.807, 2.05) is 24.3 Å². The van der Waals surface area contributed by atoms with Gasteiger partial charge in [-0.15, -0.1) is 0 Å². The van der Waals surface area contributed by atoms with Gasteiger partial charge in [-0.05, 0) is 31.1 Å². The minimum Gasteiger partial charge on any atom is -0.621 e. The lowest BCUT2D eigenvalue weighted by Gasteiger charge is -2.30. The van der Waals surface area contributed by atoms with Gasteiger partial charge >= 0.3 is 5.91 Å². The van der Waals surface area contributed by atoms with Crippen molar-refractivity contribution in [2.75, 3.05) is 0 Å². The van der Waals surface area contributed by atoms with Crippen LogP contribution in [0.1, 0.15) is 31.2 Å². The number of hydroxylamine groups is 1. The van der Waals surface area contributed by atoms with Crippen molar-refractivity contribution in [2.45, 2.75) is 31.1 Å². The van der Waals surface area contributed by atoms with Crippen LogP contribution in [0.15, 0.2) is 24.3 Å². The van der Waals surface area contributed by atoms with Gasteiger partial charge < -0.3 is 5.21 Å². The summed E-state index contributed by atoms with van der Waals surface area (Å²) in [5.41, 5.74) is 1.28. The van der Waals surface area contributed by atoms with Crippen molar-refractivity contribution in [3.63, 3.8) is 0 Å². The van der Waals surface area contributed by atoms with Crippen LogP contribution in [-0.2, 0) is 10.2 Å². The molecule has 2 aliphatic carbocycles. The molecule has 1 aliphatic heterocycles. The zero-order chi connectivity index (χ0) is 11.6. The summed E-state index contributed by atoms with van der Waals surface area (Å²) in [4.78, 5) is 12.4. The van der Waals surface area contributed by atoms with Crippen LogP contribution in [-0.4, -0.2) is 5.91 Å². The Labute approximate surface area is 100 Å². The molecule has 4 unspecified atom stereocenters. The fraction of sp³-hybridized carbons (Fsp3) is 0.500. The Morgan fingerprint density at radius 2 is 2.12 bits per heavy atom. The van der Waals surface area contributed by atoms with Crippen molar-refractivity contribution in [2.24, 2.45) is 11.8 Å². The number of nitrogens with one attached hydrogen (secondary N) is 1. The Morgan fingerprint density at radius 1 is 1.29 bits per heavy atom. The molecule has 1 N–H and O–H groups in total. The minimum absolute atomic E-state index is 0.120. The molecular formula is C14H15NO2. The van der Waals surface area contributed by atoms with E-state index >= 15 is 0 Å². The van der Waals surface area contributed by atoms with Gasteiger partial charge in [0.2, 0.25) is 0 Å². The first-order chi connectivity index (χ1) is 8.23. The Bertz CT molecular complexity index is 513. The summed E-state index contributed by atoms with van der Waals surface area (Å²) in [6.07, 6.45) is 4.43. The molecule has 3 heteroatoms. The highest BCUT2D eigenvalue weighted by atomic mass is 16.5. The number of fused-ring (bicyclic) bond motifs is 5. The van der Waals surface area contributed by atoms with Crippen LogP contribution in [0.5, 0.6) is 0 Å². The highest BCUT2D eigenvalue weighted by Crippen LogP contribution is 2.59. The fourth-order valence-corrected chi connectivity index (χ4v) is 4.46. The Kier molecular flexibility index (Phi) is 1.72. The number of hydrogen-bond donors (Lipinski definition) is 1. The summed E-state index contributed by atoms with van der Waals surface area (Å²) in [5.74, 6) is 0.974. The molecule has 4 rings (SSSR count). The molecule has 2 fully saturated rings. The van der Waals surface area contributed by atoms with Gasteiger partial charge in [0, 0.05) is 11.6 Å². The summed E-state index contributed by atoms with van der Waals surface area (Å²) in [6.45, 7) is 0. The van der Waals surface area contributed by atoms with E-state index in [1.165, 1.54) is 6.42 Å². The van der Waals surface area contributed by atoms with Crippen molar-refractivity contribution in [1.82, 2.24) is 0 Å². The van der Waals surface area contributed by atoms with Crippen molar-refractivity contribution in [1.29, 1.82) is 0 Å².